The lowest BCUT2D eigenvalue weighted by atomic mass is 9.85. The van der Waals surface area contributed by atoms with E-state index >= 15 is 0 Å². The van der Waals surface area contributed by atoms with Gasteiger partial charge >= 0.3 is 5.97 Å². The van der Waals surface area contributed by atoms with Gasteiger partial charge in [-0.15, -0.1) is 5.10 Å². The van der Waals surface area contributed by atoms with Crippen LogP contribution in [0.3, 0.4) is 0 Å². The normalized spacial score (nSPS) is 11.4. The van der Waals surface area contributed by atoms with E-state index in [1.165, 1.54) is 11.8 Å². The van der Waals surface area contributed by atoms with Crippen molar-refractivity contribution in [2.45, 2.75) is 25.8 Å². The van der Waals surface area contributed by atoms with Gasteiger partial charge in [0.2, 0.25) is 0 Å². The van der Waals surface area contributed by atoms with Gasteiger partial charge in [-0.25, -0.2) is 4.79 Å². The van der Waals surface area contributed by atoms with Gasteiger partial charge in [0.25, 0.3) is 0 Å². The topological polar surface area (TPSA) is 68.0 Å². The third-order valence-electron chi connectivity index (χ3n) is 2.87. The zero-order chi connectivity index (χ0) is 13.2. The maximum atomic E-state index is 10.7. The Kier molecular flexibility index (Phi) is 3.14. The number of carboxylic acids is 1. The summed E-state index contributed by atoms with van der Waals surface area (Å²) in [5.41, 5.74) is 1.02. The van der Waals surface area contributed by atoms with E-state index < -0.39 is 5.97 Å². The average molecular weight is 245 g/mol. The van der Waals surface area contributed by atoms with E-state index in [2.05, 4.69) is 36.3 Å². The van der Waals surface area contributed by atoms with Crippen molar-refractivity contribution in [1.29, 1.82) is 0 Å². The fourth-order valence-electron chi connectivity index (χ4n) is 1.86. The maximum Gasteiger partial charge on any atom is 0.358 e. The molecule has 0 aliphatic heterocycles. The molecule has 1 N–H and O–H groups in total. The van der Waals surface area contributed by atoms with Crippen molar-refractivity contribution in [2.24, 2.45) is 0 Å². The molecule has 2 rings (SSSR count). The van der Waals surface area contributed by atoms with Crippen molar-refractivity contribution in [1.82, 2.24) is 15.0 Å². The molecule has 0 unspecified atom stereocenters. The number of carboxylic acid groups (broad SMARTS) is 1. The number of hydrogen-bond donors (Lipinski definition) is 1. The first-order valence-corrected chi connectivity index (χ1v) is 5.68. The van der Waals surface area contributed by atoms with Gasteiger partial charge in [-0.3, -0.25) is 4.68 Å². The van der Waals surface area contributed by atoms with E-state index in [0.717, 1.165) is 0 Å². The van der Waals surface area contributed by atoms with E-state index in [1.54, 1.807) is 4.68 Å². The molecule has 0 atom stereocenters. The molecule has 1 aromatic carbocycles. The molecular weight excluding hydrogens is 230 g/mol. The summed E-state index contributed by atoms with van der Waals surface area (Å²) in [5, 5.41) is 16.2. The van der Waals surface area contributed by atoms with Crippen LogP contribution >= 0.6 is 0 Å². The van der Waals surface area contributed by atoms with Crippen molar-refractivity contribution in [3.8, 4) is 0 Å². The van der Waals surface area contributed by atoms with Gasteiger partial charge in [-0.05, 0) is 5.56 Å². The highest BCUT2D eigenvalue weighted by atomic mass is 16.4. The molecule has 0 saturated carbocycles. The molecule has 0 saturated heterocycles. The van der Waals surface area contributed by atoms with Crippen LogP contribution in [0, 0.1) is 0 Å². The van der Waals surface area contributed by atoms with Gasteiger partial charge < -0.3 is 5.11 Å². The van der Waals surface area contributed by atoms with E-state index in [4.69, 9.17) is 5.11 Å². The quantitative estimate of drug-likeness (QED) is 0.894. The Morgan fingerprint density at radius 2 is 2.00 bits per heavy atom. The summed E-state index contributed by atoms with van der Waals surface area (Å²) >= 11 is 0. The summed E-state index contributed by atoms with van der Waals surface area (Å²) in [6.45, 7) is 4.76. The first kappa shape index (κ1) is 12.3. The minimum Gasteiger partial charge on any atom is -0.476 e. The first-order valence-electron chi connectivity index (χ1n) is 5.68. The van der Waals surface area contributed by atoms with Crippen LogP contribution in [-0.4, -0.2) is 26.1 Å². The van der Waals surface area contributed by atoms with E-state index in [0.29, 0.717) is 6.54 Å². The van der Waals surface area contributed by atoms with Crippen LogP contribution in [0.5, 0.6) is 0 Å². The van der Waals surface area contributed by atoms with Gasteiger partial charge in [0, 0.05) is 5.41 Å². The molecule has 1 aromatic heterocycles. The smallest absolute Gasteiger partial charge is 0.358 e. The van der Waals surface area contributed by atoms with Crippen molar-refractivity contribution >= 4 is 5.97 Å². The number of carbonyl (C=O) groups is 1. The van der Waals surface area contributed by atoms with Crippen LogP contribution in [0.1, 0.15) is 29.9 Å². The van der Waals surface area contributed by atoms with Gasteiger partial charge in [0.1, 0.15) is 0 Å². The third kappa shape index (κ3) is 2.56. The molecule has 0 bridgehead atoms. The summed E-state index contributed by atoms with van der Waals surface area (Å²) in [4.78, 5) is 10.7. The monoisotopic (exact) mass is 245 g/mol. The summed E-state index contributed by atoms with van der Waals surface area (Å²) < 4.78 is 1.57. The van der Waals surface area contributed by atoms with Crippen LogP contribution in [0.15, 0.2) is 36.5 Å². The predicted octanol–water partition coefficient (Wildman–Crippen LogP) is 1.95. The maximum absolute atomic E-state index is 10.7. The highest BCUT2D eigenvalue weighted by molar-refractivity contribution is 5.84. The van der Waals surface area contributed by atoms with Crippen LogP contribution in [0.2, 0.25) is 0 Å². The van der Waals surface area contributed by atoms with E-state index in [9.17, 15) is 4.79 Å². The second-order valence-electron chi connectivity index (χ2n) is 4.86. The Labute approximate surface area is 105 Å². The van der Waals surface area contributed by atoms with Gasteiger partial charge in [-0.2, -0.15) is 0 Å². The molecule has 5 nitrogen and oxygen atoms in total. The Morgan fingerprint density at radius 1 is 1.33 bits per heavy atom. The van der Waals surface area contributed by atoms with Crippen molar-refractivity contribution in [3.63, 3.8) is 0 Å². The standard InChI is InChI=1S/C13H15N3O2/c1-13(2,10-6-4-3-5-7-10)9-16-8-11(12(17)18)14-15-16/h3-8H,9H2,1-2H3,(H,17,18). The summed E-state index contributed by atoms with van der Waals surface area (Å²) in [6.07, 6.45) is 1.45. The van der Waals surface area contributed by atoms with Crippen LogP contribution in [0.4, 0.5) is 0 Å². The molecule has 0 aliphatic rings. The highest BCUT2D eigenvalue weighted by Gasteiger charge is 2.22. The number of rotatable bonds is 4. The zero-order valence-electron chi connectivity index (χ0n) is 10.4. The molecule has 1 heterocycles. The lowest BCUT2D eigenvalue weighted by molar-refractivity contribution is 0.0690. The van der Waals surface area contributed by atoms with Crippen molar-refractivity contribution in [2.75, 3.05) is 0 Å². The Balaban J connectivity index is 2.19. The largest absolute Gasteiger partial charge is 0.476 e. The molecule has 0 radical (unpaired) electrons. The highest BCUT2D eigenvalue weighted by Crippen LogP contribution is 2.24. The fraction of sp³-hybridized carbons (Fsp3) is 0.308. The lowest BCUT2D eigenvalue weighted by Crippen LogP contribution is -2.24. The number of hydrogen-bond acceptors (Lipinski definition) is 3. The van der Waals surface area contributed by atoms with Crippen LogP contribution in [-0.2, 0) is 12.0 Å². The third-order valence-corrected chi connectivity index (χ3v) is 2.87. The predicted molar refractivity (Wildman–Crippen MR) is 66.4 cm³/mol. The molecule has 0 amide bonds. The van der Waals surface area contributed by atoms with Crippen molar-refractivity contribution in [3.05, 3.63) is 47.8 Å². The minimum atomic E-state index is -1.06. The number of benzene rings is 1. The van der Waals surface area contributed by atoms with Crippen LogP contribution in [0.25, 0.3) is 0 Å². The summed E-state index contributed by atoms with van der Waals surface area (Å²) in [7, 11) is 0. The second kappa shape index (κ2) is 4.60. The Morgan fingerprint density at radius 3 is 2.56 bits per heavy atom. The molecule has 18 heavy (non-hydrogen) atoms. The molecule has 2 aromatic rings. The molecule has 0 aliphatic carbocycles. The van der Waals surface area contributed by atoms with E-state index in [-0.39, 0.29) is 11.1 Å². The van der Waals surface area contributed by atoms with Gasteiger partial charge in [0.05, 0.1) is 12.7 Å². The minimum absolute atomic E-state index is 0.0288. The number of nitrogens with zero attached hydrogens (tertiary/aromatic N) is 3. The second-order valence-corrected chi connectivity index (χ2v) is 4.86. The zero-order valence-corrected chi connectivity index (χ0v) is 10.4. The first-order chi connectivity index (χ1) is 8.49. The SMILES string of the molecule is CC(C)(Cn1cc(C(=O)O)nn1)c1ccccc1. The Hall–Kier alpha value is -2.17. The Bertz CT molecular complexity index is 546. The molecule has 0 fully saturated rings. The van der Waals surface area contributed by atoms with Gasteiger partial charge in [0.15, 0.2) is 5.69 Å². The van der Waals surface area contributed by atoms with Crippen molar-refractivity contribution < 1.29 is 9.90 Å². The molecule has 5 heteroatoms. The molecule has 0 spiro atoms. The summed E-state index contributed by atoms with van der Waals surface area (Å²) in [6, 6.07) is 10.0. The summed E-state index contributed by atoms with van der Waals surface area (Å²) in [5.74, 6) is -1.06. The average Bonchev–Trinajstić information content (AvgIpc) is 2.78. The van der Waals surface area contributed by atoms with Gasteiger partial charge in [-0.1, -0.05) is 49.4 Å². The number of aromatic nitrogens is 3. The number of aromatic carboxylic acids is 1. The molecule has 94 valence electrons. The fourth-order valence-corrected chi connectivity index (χ4v) is 1.86. The lowest BCUT2D eigenvalue weighted by Gasteiger charge is -2.24. The van der Waals surface area contributed by atoms with Crippen LogP contribution < -0.4 is 0 Å². The molecular formula is C13H15N3O2. The van der Waals surface area contributed by atoms with E-state index in [1.807, 2.05) is 18.2 Å².